The summed E-state index contributed by atoms with van der Waals surface area (Å²) in [6.07, 6.45) is 1.88. The predicted octanol–water partition coefficient (Wildman–Crippen LogP) is 2.98. The van der Waals surface area contributed by atoms with Crippen LogP contribution in [0.25, 0.3) is 10.4 Å². The maximum Gasteiger partial charge on any atom is 0.122 e. The zero-order valence-corrected chi connectivity index (χ0v) is 10.9. The molecule has 0 saturated carbocycles. The van der Waals surface area contributed by atoms with Gasteiger partial charge >= 0.3 is 0 Å². The summed E-state index contributed by atoms with van der Waals surface area (Å²) in [5.74, 6) is 0.944. The smallest absolute Gasteiger partial charge is 0.122 e. The number of hydrogen-bond donors (Lipinski definition) is 1. The van der Waals surface area contributed by atoms with Crippen molar-refractivity contribution in [1.82, 2.24) is 4.98 Å². The number of rotatable bonds is 4. The van der Waals surface area contributed by atoms with E-state index in [9.17, 15) is 0 Å². The molecule has 2 N–H and O–H groups in total. The van der Waals surface area contributed by atoms with Crippen molar-refractivity contribution >= 4 is 11.3 Å². The first-order chi connectivity index (χ1) is 8.24. The summed E-state index contributed by atoms with van der Waals surface area (Å²) < 4.78 is 5.52. The molecule has 1 aromatic heterocycles. The Balaban J connectivity index is 2.30. The molecule has 4 heteroatoms. The first kappa shape index (κ1) is 12.1. The summed E-state index contributed by atoms with van der Waals surface area (Å²) in [4.78, 5) is 5.41. The molecule has 0 fully saturated rings. The van der Waals surface area contributed by atoms with Crippen molar-refractivity contribution in [3.8, 4) is 16.2 Å². The lowest BCUT2D eigenvalue weighted by Gasteiger charge is -2.07. The number of nitrogens with two attached hydrogens (primary N) is 1. The van der Waals surface area contributed by atoms with Gasteiger partial charge in [0, 0.05) is 12.7 Å². The SMILES string of the molecule is CCOc1ccc(-c2cnc(CN)s2)cc1C. The van der Waals surface area contributed by atoms with Gasteiger partial charge in [-0.2, -0.15) is 0 Å². The molecule has 0 aliphatic rings. The maximum absolute atomic E-state index is 5.56. The Labute approximate surface area is 105 Å². The highest BCUT2D eigenvalue weighted by Gasteiger charge is 2.06. The Morgan fingerprint density at radius 1 is 1.41 bits per heavy atom. The maximum atomic E-state index is 5.56. The molecule has 2 rings (SSSR count). The Bertz CT molecular complexity index is 508. The second-order valence-corrected chi connectivity index (χ2v) is 4.85. The van der Waals surface area contributed by atoms with E-state index in [1.54, 1.807) is 11.3 Å². The van der Waals surface area contributed by atoms with Crippen molar-refractivity contribution in [2.24, 2.45) is 5.73 Å². The Kier molecular flexibility index (Phi) is 3.76. The highest BCUT2D eigenvalue weighted by molar-refractivity contribution is 7.15. The minimum atomic E-state index is 0.501. The Hall–Kier alpha value is -1.39. The third-order valence-corrected chi connectivity index (χ3v) is 3.56. The second kappa shape index (κ2) is 5.29. The summed E-state index contributed by atoms with van der Waals surface area (Å²) in [5, 5.41) is 0.964. The van der Waals surface area contributed by atoms with Gasteiger partial charge in [0.05, 0.1) is 11.5 Å². The predicted molar refractivity (Wildman–Crippen MR) is 71.3 cm³/mol. The topological polar surface area (TPSA) is 48.1 Å². The van der Waals surface area contributed by atoms with Gasteiger partial charge in [0.1, 0.15) is 10.8 Å². The molecule has 0 unspecified atom stereocenters. The van der Waals surface area contributed by atoms with E-state index in [0.29, 0.717) is 13.2 Å². The van der Waals surface area contributed by atoms with Crippen molar-refractivity contribution in [2.75, 3.05) is 6.61 Å². The summed E-state index contributed by atoms with van der Waals surface area (Å²) in [5.41, 5.74) is 7.88. The van der Waals surface area contributed by atoms with E-state index >= 15 is 0 Å². The van der Waals surface area contributed by atoms with Crippen LogP contribution in [0.15, 0.2) is 24.4 Å². The lowest BCUT2D eigenvalue weighted by atomic mass is 10.1. The van der Waals surface area contributed by atoms with Gasteiger partial charge in [0.15, 0.2) is 0 Å². The minimum absolute atomic E-state index is 0.501. The monoisotopic (exact) mass is 248 g/mol. The first-order valence-electron chi connectivity index (χ1n) is 5.63. The van der Waals surface area contributed by atoms with Crippen LogP contribution in [0, 0.1) is 6.92 Å². The van der Waals surface area contributed by atoms with E-state index in [4.69, 9.17) is 10.5 Å². The lowest BCUT2D eigenvalue weighted by molar-refractivity contribution is 0.338. The standard InChI is InChI=1S/C13H16N2OS/c1-3-16-11-5-4-10(6-9(11)2)12-8-15-13(7-14)17-12/h4-6,8H,3,7,14H2,1-2H3. The molecule has 0 aliphatic heterocycles. The van der Waals surface area contributed by atoms with Crippen LogP contribution in [-0.2, 0) is 6.54 Å². The molecular weight excluding hydrogens is 232 g/mol. The number of aromatic nitrogens is 1. The molecule has 0 atom stereocenters. The molecule has 17 heavy (non-hydrogen) atoms. The Morgan fingerprint density at radius 3 is 2.82 bits per heavy atom. The number of nitrogens with zero attached hydrogens (tertiary/aromatic N) is 1. The zero-order chi connectivity index (χ0) is 12.3. The normalized spacial score (nSPS) is 10.5. The average Bonchev–Trinajstić information content (AvgIpc) is 2.80. The molecule has 90 valence electrons. The summed E-state index contributed by atoms with van der Waals surface area (Å²) in [6.45, 7) is 5.24. The van der Waals surface area contributed by atoms with E-state index in [2.05, 4.69) is 24.0 Å². The van der Waals surface area contributed by atoms with Gasteiger partial charge in [-0.3, -0.25) is 0 Å². The molecule has 1 heterocycles. The number of benzene rings is 1. The van der Waals surface area contributed by atoms with Gasteiger partial charge in [0.2, 0.25) is 0 Å². The van der Waals surface area contributed by atoms with E-state index in [0.717, 1.165) is 21.2 Å². The molecule has 0 spiro atoms. The van der Waals surface area contributed by atoms with Crippen LogP contribution in [-0.4, -0.2) is 11.6 Å². The first-order valence-corrected chi connectivity index (χ1v) is 6.44. The molecule has 0 radical (unpaired) electrons. The van der Waals surface area contributed by atoms with Gasteiger partial charge in [-0.05, 0) is 43.2 Å². The molecule has 0 aliphatic carbocycles. The van der Waals surface area contributed by atoms with Crippen LogP contribution in [0.1, 0.15) is 17.5 Å². The second-order valence-electron chi connectivity index (χ2n) is 3.74. The van der Waals surface area contributed by atoms with Crippen molar-refractivity contribution < 1.29 is 4.74 Å². The number of aryl methyl sites for hydroxylation is 1. The van der Waals surface area contributed by atoms with Crippen LogP contribution < -0.4 is 10.5 Å². The molecule has 1 aromatic carbocycles. The number of thiazole rings is 1. The summed E-state index contributed by atoms with van der Waals surface area (Å²) >= 11 is 1.64. The highest BCUT2D eigenvalue weighted by Crippen LogP contribution is 2.29. The van der Waals surface area contributed by atoms with Gasteiger partial charge in [-0.1, -0.05) is 0 Å². The third kappa shape index (κ3) is 2.65. The summed E-state index contributed by atoms with van der Waals surface area (Å²) in [7, 11) is 0. The molecule has 0 bridgehead atoms. The van der Waals surface area contributed by atoms with E-state index in [1.807, 2.05) is 19.2 Å². The highest BCUT2D eigenvalue weighted by atomic mass is 32.1. The third-order valence-electron chi connectivity index (χ3n) is 2.49. The van der Waals surface area contributed by atoms with Crippen LogP contribution in [0.3, 0.4) is 0 Å². The van der Waals surface area contributed by atoms with Gasteiger partial charge < -0.3 is 10.5 Å². The van der Waals surface area contributed by atoms with Gasteiger partial charge in [-0.25, -0.2) is 4.98 Å². The molecule has 0 saturated heterocycles. The average molecular weight is 248 g/mol. The van der Waals surface area contributed by atoms with Crippen molar-refractivity contribution in [2.45, 2.75) is 20.4 Å². The van der Waals surface area contributed by atoms with Crippen molar-refractivity contribution in [3.63, 3.8) is 0 Å². The fourth-order valence-corrected chi connectivity index (χ4v) is 2.45. The molecule has 2 aromatic rings. The van der Waals surface area contributed by atoms with Crippen LogP contribution in [0.4, 0.5) is 0 Å². The molecule has 3 nitrogen and oxygen atoms in total. The zero-order valence-electron chi connectivity index (χ0n) is 10.1. The fraction of sp³-hybridized carbons (Fsp3) is 0.308. The molecular formula is C13H16N2OS. The van der Waals surface area contributed by atoms with E-state index < -0.39 is 0 Å². The van der Waals surface area contributed by atoms with Crippen molar-refractivity contribution in [1.29, 1.82) is 0 Å². The van der Waals surface area contributed by atoms with Gasteiger partial charge in [0.25, 0.3) is 0 Å². The van der Waals surface area contributed by atoms with Crippen LogP contribution >= 0.6 is 11.3 Å². The van der Waals surface area contributed by atoms with Crippen LogP contribution in [0.2, 0.25) is 0 Å². The lowest BCUT2D eigenvalue weighted by Crippen LogP contribution is -1.93. The summed E-state index contributed by atoms with van der Waals surface area (Å²) in [6, 6.07) is 6.20. The van der Waals surface area contributed by atoms with Crippen LogP contribution in [0.5, 0.6) is 5.75 Å². The largest absolute Gasteiger partial charge is 0.494 e. The Morgan fingerprint density at radius 2 is 2.24 bits per heavy atom. The fourth-order valence-electron chi connectivity index (χ4n) is 1.66. The quantitative estimate of drug-likeness (QED) is 0.905. The van der Waals surface area contributed by atoms with Crippen molar-refractivity contribution in [3.05, 3.63) is 35.0 Å². The van der Waals surface area contributed by atoms with E-state index in [-0.39, 0.29) is 0 Å². The molecule has 0 amide bonds. The van der Waals surface area contributed by atoms with E-state index in [1.165, 1.54) is 5.56 Å². The number of ether oxygens (including phenoxy) is 1. The van der Waals surface area contributed by atoms with Gasteiger partial charge in [-0.15, -0.1) is 11.3 Å². The number of hydrogen-bond acceptors (Lipinski definition) is 4. The minimum Gasteiger partial charge on any atom is -0.494 e.